The fraction of sp³-hybridized carbons (Fsp3) is 0.345. The van der Waals surface area contributed by atoms with Crippen LogP contribution in [0, 0.1) is 0 Å². The van der Waals surface area contributed by atoms with Gasteiger partial charge in [0.05, 0.1) is 0 Å². The predicted octanol–water partition coefficient (Wildman–Crippen LogP) is 5.13. The Kier molecular flexibility index (Phi) is 9.85. The Labute approximate surface area is 208 Å². The lowest BCUT2D eigenvalue weighted by atomic mass is 10.1. The van der Waals surface area contributed by atoms with E-state index in [4.69, 9.17) is 9.94 Å². The average Bonchev–Trinajstić information content (AvgIpc) is 2.86. The van der Waals surface area contributed by atoms with Gasteiger partial charge in [-0.2, -0.15) is 0 Å². The molecule has 3 aromatic carbocycles. The van der Waals surface area contributed by atoms with Crippen LogP contribution in [0.3, 0.4) is 0 Å². The van der Waals surface area contributed by atoms with Gasteiger partial charge in [-0.05, 0) is 62.4 Å². The Morgan fingerprint density at radius 3 is 2.34 bits per heavy atom. The average molecular weight is 476 g/mol. The first-order valence-corrected chi connectivity index (χ1v) is 12.2. The number of rotatable bonds is 12. The van der Waals surface area contributed by atoms with Gasteiger partial charge in [0.15, 0.2) is 0 Å². The first kappa shape index (κ1) is 26.4. The Balaban J connectivity index is 1.73. The minimum absolute atomic E-state index is 0.402. The van der Waals surface area contributed by atoms with Crippen LogP contribution in [0.25, 0.3) is 16.8 Å². The lowest BCUT2D eigenvalue weighted by Crippen LogP contribution is -2.41. The van der Waals surface area contributed by atoms with Crippen LogP contribution in [0.15, 0.2) is 72.3 Å². The second kappa shape index (κ2) is 13.0. The number of hydrogen-bond acceptors (Lipinski definition) is 5. The molecule has 0 heterocycles. The van der Waals surface area contributed by atoms with E-state index >= 15 is 0 Å². The molecule has 0 saturated carbocycles. The second-order valence-electron chi connectivity index (χ2n) is 9.23. The predicted molar refractivity (Wildman–Crippen MR) is 143 cm³/mol. The summed E-state index contributed by atoms with van der Waals surface area (Å²) < 4.78 is 6.27. The molecular weight excluding hydrogens is 438 g/mol. The van der Waals surface area contributed by atoms with Crippen molar-refractivity contribution in [1.29, 1.82) is 0 Å². The number of nitrogens with zero attached hydrogens (tertiary/aromatic N) is 1. The number of hydroxylamine groups is 1. The molecule has 0 aliphatic heterocycles. The molecular formula is C29H37N3O3. The quantitative estimate of drug-likeness (QED) is 0.192. The van der Waals surface area contributed by atoms with Crippen LogP contribution in [-0.2, 0) is 0 Å². The molecule has 35 heavy (non-hydrogen) atoms. The zero-order valence-electron chi connectivity index (χ0n) is 21.1. The van der Waals surface area contributed by atoms with E-state index in [-0.39, 0.29) is 0 Å². The first-order valence-electron chi connectivity index (χ1n) is 12.2. The molecule has 0 saturated heterocycles. The zero-order chi connectivity index (χ0) is 25.2. The van der Waals surface area contributed by atoms with E-state index in [0.29, 0.717) is 30.8 Å². The number of carbonyl (C=O) groups excluding carboxylic acids is 1. The topological polar surface area (TPSA) is 73.8 Å². The van der Waals surface area contributed by atoms with Gasteiger partial charge >= 0.3 is 0 Å². The minimum Gasteiger partial charge on any atom is -0.489 e. The maximum absolute atomic E-state index is 11.6. The highest BCUT2D eigenvalue weighted by Gasteiger charge is 2.12. The molecule has 0 radical (unpaired) electrons. The van der Waals surface area contributed by atoms with Gasteiger partial charge in [0.2, 0.25) is 0 Å². The van der Waals surface area contributed by atoms with Crippen LogP contribution >= 0.6 is 0 Å². The highest BCUT2D eigenvalue weighted by molar-refractivity contribution is 5.93. The molecule has 0 atom stereocenters. The van der Waals surface area contributed by atoms with Gasteiger partial charge in [-0.15, -0.1) is 0 Å². The molecule has 6 heteroatoms. The normalized spacial score (nSPS) is 12.1. The smallest absolute Gasteiger partial charge is 0.274 e. The van der Waals surface area contributed by atoms with Gasteiger partial charge in [-0.25, -0.2) is 5.48 Å². The van der Waals surface area contributed by atoms with Gasteiger partial charge in [-0.1, -0.05) is 54.6 Å². The van der Waals surface area contributed by atoms with Crippen molar-refractivity contribution in [3.05, 3.63) is 83.4 Å². The van der Waals surface area contributed by atoms with Crippen molar-refractivity contribution >= 4 is 22.8 Å². The van der Waals surface area contributed by atoms with E-state index in [1.165, 1.54) is 0 Å². The number of ether oxygens (including phenoxy) is 1. The van der Waals surface area contributed by atoms with Gasteiger partial charge < -0.3 is 10.1 Å². The fourth-order valence-corrected chi connectivity index (χ4v) is 4.24. The summed E-state index contributed by atoms with van der Waals surface area (Å²) in [4.78, 5) is 14.1. The summed E-state index contributed by atoms with van der Waals surface area (Å²) in [6.45, 7) is 11.9. The van der Waals surface area contributed by atoms with Crippen molar-refractivity contribution in [2.45, 2.75) is 39.8 Å². The van der Waals surface area contributed by atoms with Crippen molar-refractivity contribution in [2.75, 3.05) is 26.2 Å². The van der Waals surface area contributed by atoms with Crippen LogP contribution in [0.4, 0.5) is 0 Å². The minimum atomic E-state index is -0.526. The van der Waals surface area contributed by atoms with E-state index < -0.39 is 5.91 Å². The molecule has 0 bridgehead atoms. The number of nitrogens with one attached hydrogen (secondary N) is 2. The molecule has 0 spiro atoms. The van der Waals surface area contributed by atoms with Gasteiger partial charge in [0.1, 0.15) is 12.4 Å². The SMILES string of the molecule is CC(C)N(CCNCC(=Cc1ccc(C(=O)NO)cc1)COc1cccc2ccccc12)C(C)C. The molecule has 6 nitrogen and oxygen atoms in total. The zero-order valence-corrected chi connectivity index (χ0v) is 21.1. The number of amides is 1. The van der Waals surface area contributed by atoms with Crippen LogP contribution in [0.2, 0.25) is 0 Å². The summed E-state index contributed by atoms with van der Waals surface area (Å²) in [6, 6.07) is 22.4. The number of hydrogen-bond donors (Lipinski definition) is 3. The first-order chi connectivity index (χ1) is 16.9. The largest absolute Gasteiger partial charge is 0.489 e. The van der Waals surface area contributed by atoms with Gasteiger partial charge in [0.25, 0.3) is 5.91 Å². The van der Waals surface area contributed by atoms with Gasteiger partial charge in [0, 0.05) is 42.7 Å². The van der Waals surface area contributed by atoms with E-state index in [2.05, 4.69) is 62.2 Å². The molecule has 1 amide bonds. The number of benzene rings is 3. The third-order valence-electron chi connectivity index (χ3n) is 6.03. The van der Waals surface area contributed by atoms with Crippen LogP contribution in [0.5, 0.6) is 5.75 Å². The molecule has 0 aromatic heterocycles. The molecule has 0 aliphatic rings. The van der Waals surface area contributed by atoms with Crippen molar-refractivity contribution in [2.24, 2.45) is 0 Å². The summed E-state index contributed by atoms with van der Waals surface area (Å²) in [5.41, 5.74) is 4.12. The van der Waals surface area contributed by atoms with E-state index in [1.54, 1.807) is 17.6 Å². The lowest BCUT2D eigenvalue weighted by Gasteiger charge is -2.30. The summed E-state index contributed by atoms with van der Waals surface area (Å²) in [6.07, 6.45) is 2.08. The highest BCUT2D eigenvalue weighted by Crippen LogP contribution is 2.25. The number of carbonyl (C=O) groups is 1. The van der Waals surface area contributed by atoms with Crippen LogP contribution in [0.1, 0.15) is 43.6 Å². The van der Waals surface area contributed by atoms with E-state index in [9.17, 15) is 4.79 Å². The van der Waals surface area contributed by atoms with Crippen molar-refractivity contribution in [3.63, 3.8) is 0 Å². The summed E-state index contributed by atoms with van der Waals surface area (Å²) in [7, 11) is 0. The monoisotopic (exact) mass is 475 g/mol. The molecule has 0 unspecified atom stereocenters. The summed E-state index contributed by atoms with van der Waals surface area (Å²) >= 11 is 0. The summed E-state index contributed by atoms with van der Waals surface area (Å²) in [5, 5.41) is 14.7. The fourth-order valence-electron chi connectivity index (χ4n) is 4.24. The van der Waals surface area contributed by atoms with Gasteiger partial charge in [-0.3, -0.25) is 14.9 Å². The lowest BCUT2D eigenvalue weighted by molar-refractivity contribution is 0.0706. The Morgan fingerprint density at radius 2 is 1.66 bits per heavy atom. The third-order valence-corrected chi connectivity index (χ3v) is 6.03. The second-order valence-corrected chi connectivity index (χ2v) is 9.23. The van der Waals surface area contributed by atoms with Crippen LogP contribution < -0.4 is 15.5 Å². The molecule has 0 aliphatic carbocycles. The maximum atomic E-state index is 11.6. The maximum Gasteiger partial charge on any atom is 0.274 e. The highest BCUT2D eigenvalue weighted by atomic mass is 16.5. The Morgan fingerprint density at radius 1 is 0.971 bits per heavy atom. The summed E-state index contributed by atoms with van der Waals surface area (Å²) in [5.74, 6) is 0.330. The van der Waals surface area contributed by atoms with Crippen LogP contribution in [-0.4, -0.2) is 54.3 Å². The van der Waals surface area contributed by atoms with Crippen molar-refractivity contribution in [1.82, 2.24) is 15.7 Å². The molecule has 3 rings (SSSR count). The molecule has 186 valence electrons. The molecule has 3 aromatic rings. The Hall–Kier alpha value is -3.19. The number of fused-ring (bicyclic) bond motifs is 1. The third kappa shape index (κ3) is 7.65. The van der Waals surface area contributed by atoms with Crippen molar-refractivity contribution in [3.8, 4) is 5.75 Å². The Bertz CT molecular complexity index is 1110. The molecule has 0 fully saturated rings. The van der Waals surface area contributed by atoms with E-state index in [0.717, 1.165) is 40.7 Å². The standard InChI is InChI=1S/C29H37N3O3/c1-21(2)32(22(3)4)17-16-30-19-24(18-23-12-14-26(15-13-23)29(33)31-34)20-35-28-11-7-9-25-8-5-6-10-27(25)28/h5-15,18,21-22,30,34H,16-17,19-20H2,1-4H3,(H,31,33). The van der Waals surface area contributed by atoms with Crippen molar-refractivity contribution < 1.29 is 14.7 Å². The molecule has 3 N–H and O–H groups in total. The van der Waals surface area contributed by atoms with E-state index in [1.807, 2.05) is 36.4 Å².